The summed E-state index contributed by atoms with van der Waals surface area (Å²) in [5.74, 6) is -1.18. The number of carbonyl (C=O) groups is 2. The van der Waals surface area contributed by atoms with Crippen LogP contribution in [0.15, 0.2) is 12.7 Å². The molecule has 2 atom stereocenters. The number of carbonyl (C=O) groups excluding carboxylic acids is 1. The summed E-state index contributed by atoms with van der Waals surface area (Å²) >= 11 is 0. The predicted molar refractivity (Wildman–Crippen MR) is 49.8 cm³/mol. The number of nitrogens with two attached hydrogens (primary N) is 1. The number of hydrogen-bond donors (Lipinski definition) is 3. The highest BCUT2D eigenvalue weighted by Gasteiger charge is 2.21. The average Bonchev–Trinajstić information content (AvgIpc) is 2.13. The Hall–Kier alpha value is -1.56. The molecule has 0 fully saturated rings. The highest BCUT2D eigenvalue weighted by Crippen LogP contribution is 1.91. The van der Waals surface area contributed by atoms with Crippen LogP contribution >= 0.6 is 0 Å². The number of ether oxygens (including phenoxy) is 1. The molecule has 2 unspecified atom stereocenters. The molecule has 0 spiro atoms. The van der Waals surface area contributed by atoms with Gasteiger partial charge in [0.25, 0.3) is 0 Å². The van der Waals surface area contributed by atoms with Crippen molar-refractivity contribution in [2.24, 2.45) is 5.73 Å². The van der Waals surface area contributed by atoms with Crippen LogP contribution in [-0.4, -0.2) is 35.9 Å². The Morgan fingerprint density at radius 1 is 1.71 bits per heavy atom. The lowest BCUT2D eigenvalue weighted by Gasteiger charge is -2.16. The van der Waals surface area contributed by atoms with Crippen molar-refractivity contribution in [1.29, 1.82) is 0 Å². The summed E-state index contributed by atoms with van der Waals surface area (Å²) in [4.78, 5) is 21.3. The van der Waals surface area contributed by atoms with Gasteiger partial charge in [-0.25, -0.2) is 4.79 Å². The SMILES string of the molecule is C=CCOC(=O)NC(C)C(N)C(=O)O. The van der Waals surface area contributed by atoms with E-state index in [-0.39, 0.29) is 6.61 Å². The van der Waals surface area contributed by atoms with Gasteiger partial charge in [-0.15, -0.1) is 0 Å². The van der Waals surface area contributed by atoms with Crippen LogP contribution in [0.3, 0.4) is 0 Å². The minimum atomic E-state index is -1.18. The van der Waals surface area contributed by atoms with E-state index in [9.17, 15) is 9.59 Å². The number of carboxylic acid groups (broad SMARTS) is 1. The minimum Gasteiger partial charge on any atom is -0.480 e. The Labute approximate surface area is 81.7 Å². The lowest BCUT2D eigenvalue weighted by atomic mass is 10.1. The molecule has 4 N–H and O–H groups in total. The zero-order valence-corrected chi connectivity index (χ0v) is 7.90. The summed E-state index contributed by atoms with van der Waals surface area (Å²) in [6, 6.07) is -1.84. The van der Waals surface area contributed by atoms with Crippen LogP contribution in [0, 0.1) is 0 Å². The summed E-state index contributed by atoms with van der Waals surface area (Å²) in [5, 5.41) is 10.8. The second kappa shape index (κ2) is 5.98. The van der Waals surface area contributed by atoms with Gasteiger partial charge < -0.3 is 20.9 Å². The Morgan fingerprint density at radius 3 is 2.71 bits per heavy atom. The Bertz CT molecular complexity index is 229. The van der Waals surface area contributed by atoms with E-state index in [4.69, 9.17) is 10.8 Å². The molecular formula is C8H14N2O4. The Balaban J connectivity index is 3.92. The number of amides is 1. The van der Waals surface area contributed by atoms with Crippen molar-refractivity contribution in [3.05, 3.63) is 12.7 Å². The molecule has 0 rings (SSSR count). The van der Waals surface area contributed by atoms with Gasteiger partial charge in [0.05, 0.1) is 6.04 Å². The van der Waals surface area contributed by atoms with E-state index in [2.05, 4.69) is 16.6 Å². The number of nitrogens with one attached hydrogen (secondary N) is 1. The topological polar surface area (TPSA) is 102 Å². The minimum absolute atomic E-state index is 0.0703. The lowest BCUT2D eigenvalue weighted by molar-refractivity contribution is -0.139. The molecule has 0 aliphatic rings. The maximum absolute atomic E-state index is 10.9. The molecule has 0 aromatic heterocycles. The van der Waals surface area contributed by atoms with Gasteiger partial charge in [0, 0.05) is 0 Å². The van der Waals surface area contributed by atoms with E-state index >= 15 is 0 Å². The van der Waals surface area contributed by atoms with Gasteiger partial charge in [-0.3, -0.25) is 4.79 Å². The first-order chi connectivity index (χ1) is 6.49. The second-order valence-electron chi connectivity index (χ2n) is 2.68. The standard InChI is InChI=1S/C8H14N2O4/c1-3-4-14-8(13)10-5(2)6(9)7(11)12/h3,5-6H,1,4,9H2,2H3,(H,10,13)(H,11,12). The third kappa shape index (κ3) is 4.46. The Morgan fingerprint density at radius 2 is 2.29 bits per heavy atom. The molecular weight excluding hydrogens is 188 g/mol. The van der Waals surface area contributed by atoms with Crippen LogP contribution in [0.25, 0.3) is 0 Å². The van der Waals surface area contributed by atoms with Crippen molar-refractivity contribution in [2.45, 2.75) is 19.0 Å². The molecule has 0 bridgehead atoms. The van der Waals surface area contributed by atoms with Gasteiger partial charge in [-0.1, -0.05) is 12.7 Å². The molecule has 6 nitrogen and oxygen atoms in total. The number of alkyl carbamates (subject to hydrolysis) is 1. The third-order valence-corrected chi connectivity index (χ3v) is 1.50. The van der Waals surface area contributed by atoms with Crippen LogP contribution in [0.2, 0.25) is 0 Å². The number of hydrogen-bond acceptors (Lipinski definition) is 4. The van der Waals surface area contributed by atoms with Crippen LogP contribution in [0.1, 0.15) is 6.92 Å². The van der Waals surface area contributed by atoms with Crippen LogP contribution in [0.5, 0.6) is 0 Å². The van der Waals surface area contributed by atoms with Gasteiger partial charge >= 0.3 is 12.1 Å². The van der Waals surface area contributed by atoms with Crippen LogP contribution in [0.4, 0.5) is 4.79 Å². The average molecular weight is 202 g/mol. The largest absolute Gasteiger partial charge is 0.480 e. The highest BCUT2D eigenvalue weighted by molar-refractivity contribution is 5.76. The molecule has 0 aliphatic heterocycles. The van der Waals surface area contributed by atoms with E-state index in [0.29, 0.717) is 0 Å². The van der Waals surface area contributed by atoms with Crippen molar-refractivity contribution in [3.8, 4) is 0 Å². The number of carboxylic acids is 1. The van der Waals surface area contributed by atoms with Crippen molar-refractivity contribution < 1.29 is 19.4 Å². The smallest absolute Gasteiger partial charge is 0.407 e. The number of aliphatic carboxylic acids is 1. The molecule has 1 amide bonds. The summed E-state index contributed by atoms with van der Waals surface area (Å²) < 4.78 is 4.58. The normalized spacial score (nSPS) is 13.9. The van der Waals surface area contributed by atoms with E-state index in [1.807, 2.05) is 0 Å². The Kier molecular flexibility index (Phi) is 5.31. The zero-order chi connectivity index (χ0) is 11.1. The molecule has 0 radical (unpaired) electrons. The fourth-order valence-electron chi connectivity index (χ4n) is 0.666. The first kappa shape index (κ1) is 12.4. The van der Waals surface area contributed by atoms with Crippen molar-refractivity contribution in [2.75, 3.05) is 6.61 Å². The van der Waals surface area contributed by atoms with Crippen molar-refractivity contribution >= 4 is 12.1 Å². The quantitative estimate of drug-likeness (QED) is 0.531. The van der Waals surface area contributed by atoms with E-state index in [0.717, 1.165) is 0 Å². The molecule has 0 aliphatic carbocycles. The first-order valence-electron chi connectivity index (χ1n) is 4.01. The molecule has 6 heteroatoms. The fraction of sp³-hybridized carbons (Fsp3) is 0.500. The molecule has 0 aromatic carbocycles. The molecule has 0 saturated heterocycles. The maximum Gasteiger partial charge on any atom is 0.407 e. The second-order valence-corrected chi connectivity index (χ2v) is 2.68. The summed E-state index contributed by atoms with van der Waals surface area (Å²) in [7, 11) is 0. The lowest BCUT2D eigenvalue weighted by Crippen LogP contribution is -2.50. The highest BCUT2D eigenvalue weighted by atomic mass is 16.5. The van der Waals surface area contributed by atoms with E-state index in [1.54, 1.807) is 0 Å². The fourth-order valence-corrected chi connectivity index (χ4v) is 0.666. The first-order valence-corrected chi connectivity index (χ1v) is 4.01. The molecule has 0 aromatic rings. The van der Waals surface area contributed by atoms with Crippen molar-refractivity contribution in [3.63, 3.8) is 0 Å². The van der Waals surface area contributed by atoms with E-state index in [1.165, 1.54) is 13.0 Å². The summed E-state index contributed by atoms with van der Waals surface area (Å²) in [5.41, 5.74) is 5.25. The molecule has 80 valence electrons. The van der Waals surface area contributed by atoms with Crippen molar-refractivity contribution in [1.82, 2.24) is 5.32 Å². The van der Waals surface area contributed by atoms with Gasteiger partial charge in [0.2, 0.25) is 0 Å². The van der Waals surface area contributed by atoms with Gasteiger partial charge in [-0.05, 0) is 6.92 Å². The number of rotatable bonds is 5. The van der Waals surface area contributed by atoms with Crippen LogP contribution in [-0.2, 0) is 9.53 Å². The van der Waals surface area contributed by atoms with Crippen LogP contribution < -0.4 is 11.1 Å². The van der Waals surface area contributed by atoms with Gasteiger partial charge in [0.15, 0.2) is 0 Å². The summed E-state index contributed by atoms with van der Waals surface area (Å²) in [6.45, 7) is 4.90. The third-order valence-electron chi connectivity index (χ3n) is 1.50. The molecule has 0 heterocycles. The monoisotopic (exact) mass is 202 g/mol. The van der Waals surface area contributed by atoms with Gasteiger partial charge in [-0.2, -0.15) is 0 Å². The zero-order valence-electron chi connectivity index (χ0n) is 7.90. The summed E-state index contributed by atoms with van der Waals surface area (Å²) in [6.07, 6.45) is 0.690. The predicted octanol–water partition coefficient (Wildman–Crippen LogP) is -0.301. The maximum atomic E-state index is 10.9. The molecule has 14 heavy (non-hydrogen) atoms. The van der Waals surface area contributed by atoms with E-state index < -0.39 is 24.1 Å². The molecule has 0 saturated carbocycles. The van der Waals surface area contributed by atoms with Gasteiger partial charge in [0.1, 0.15) is 12.6 Å².